The molecule has 0 atom stereocenters. The van der Waals surface area contributed by atoms with E-state index in [9.17, 15) is 9.59 Å². The number of carbonyl (C=O) groups excluding carboxylic acids is 2. The maximum atomic E-state index is 10.7. The monoisotopic (exact) mass is 145 g/mol. The minimum Gasteiger partial charge on any atom is -0.356 e. The van der Waals surface area contributed by atoms with Crippen LogP contribution in [0.1, 0.15) is 12.8 Å². The molecule has 0 spiro atoms. The van der Waals surface area contributed by atoms with Gasteiger partial charge in [0, 0.05) is 12.8 Å². The molecule has 0 fully saturated rings. The Balaban J connectivity index is 3.16. The summed E-state index contributed by atoms with van der Waals surface area (Å²) in [5.41, 5.74) is 3.55. The van der Waals surface area contributed by atoms with Crippen LogP contribution in [0.25, 0.3) is 0 Å². The van der Waals surface area contributed by atoms with Crippen LogP contribution in [0, 0.1) is 0 Å². The van der Waals surface area contributed by atoms with E-state index in [4.69, 9.17) is 0 Å². The first-order valence-corrected chi connectivity index (χ1v) is 3.31. The summed E-state index contributed by atoms with van der Waals surface area (Å²) in [6.45, 7) is 1.28. The van der Waals surface area contributed by atoms with Crippen molar-refractivity contribution in [2.24, 2.45) is 0 Å². The van der Waals surface area contributed by atoms with Gasteiger partial charge in [0.25, 0.3) is 0 Å². The van der Waals surface area contributed by atoms with Crippen molar-refractivity contribution in [1.29, 1.82) is 0 Å². The normalized spacial score (nSPS) is 8.90. The smallest absolute Gasteiger partial charge is 0.220 e. The lowest BCUT2D eigenvalue weighted by molar-refractivity contribution is -0.364. The molecule has 58 valence electrons. The molecule has 4 nitrogen and oxygen atoms in total. The van der Waals surface area contributed by atoms with E-state index in [1.54, 1.807) is 0 Å². The summed E-state index contributed by atoms with van der Waals surface area (Å²) in [5, 5.41) is 2.61. The van der Waals surface area contributed by atoms with Crippen molar-refractivity contribution < 1.29 is 15.3 Å². The van der Waals surface area contributed by atoms with Crippen LogP contribution in [-0.4, -0.2) is 25.3 Å². The number of hydrogen-bond acceptors (Lipinski definition) is 2. The Hall–Kier alpha value is -0.900. The Morgan fingerprint density at radius 1 is 1.60 bits per heavy atom. The summed E-state index contributed by atoms with van der Waals surface area (Å²) < 4.78 is 0. The molecule has 0 saturated heterocycles. The van der Waals surface area contributed by atoms with E-state index < -0.39 is 0 Å². The molecule has 0 radical (unpaired) electrons. The molecule has 4 N–H and O–H groups in total. The molecular weight excluding hydrogens is 132 g/mol. The molecule has 1 amide bonds. The van der Waals surface area contributed by atoms with Crippen LogP contribution in [-0.2, 0) is 9.59 Å². The largest absolute Gasteiger partial charge is 0.356 e. The minimum absolute atomic E-state index is 0.0734. The van der Waals surface area contributed by atoms with E-state index >= 15 is 0 Å². The third-order valence-electron chi connectivity index (χ3n) is 0.988. The van der Waals surface area contributed by atoms with Crippen LogP contribution in [0.3, 0.4) is 0 Å². The summed E-state index contributed by atoms with van der Waals surface area (Å²) in [6.07, 6.45) is 1.34. The van der Waals surface area contributed by atoms with Crippen molar-refractivity contribution in [2.75, 3.05) is 13.1 Å². The van der Waals surface area contributed by atoms with Crippen molar-refractivity contribution in [3.8, 4) is 0 Å². The zero-order chi connectivity index (χ0) is 7.82. The lowest BCUT2D eigenvalue weighted by atomic mass is 10.3. The molecule has 0 aromatic carbocycles. The predicted molar refractivity (Wildman–Crippen MR) is 36.1 cm³/mol. The Kier molecular flexibility index (Phi) is 5.66. The fourth-order valence-electron chi connectivity index (χ4n) is 0.506. The Labute approximate surface area is 59.8 Å². The number of amides is 1. The molecule has 0 bridgehead atoms. The number of nitrogens with one attached hydrogen (secondary N) is 1. The number of rotatable bonds is 5. The van der Waals surface area contributed by atoms with Gasteiger partial charge in [0.15, 0.2) is 0 Å². The highest BCUT2D eigenvalue weighted by atomic mass is 16.1. The van der Waals surface area contributed by atoms with Gasteiger partial charge in [-0.05, 0) is 0 Å². The molecule has 0 aromatic heterocycles. The Morgan fingerprint density at radius 3 is 2.80 bits per heavy atom. The lowest BCUT2D eigenvalue weighted by Gasteiger charge is -1.97. The number of hydrogen-bond donors (Lipinski definition) is 2. The van der Waals surface area contributed by atoms with Crippen LogP contribution in [0.4, 0.5) is 0 Å². The Morgan fingerprint density at radius 2 is 2.30 bits per heavy atom. The number of quaternary nitrogens is 1. The topological polar surface area (TPSA) is 73.8 Å². The molecule has 0 heterocycles. The maximum Gasteiger partial charge on any atom is 0.220 e. The fourth-order valence-corrected chi connectivity index (χ4v) is 0.506. The van der Waals surface area contributed by atoms with Crippen LogP contribution in [0.5, 0.6) is 0 Å². The van der Waals surface area contributed by atoms with Gasteiger partial charge in [-0.3, -0.25) is 4.79 Å². The molecular formula is C6H13N2O2+. The van der Waals surface area contributed by atoms with Gasteiger partial charge >= 0.3 is 0 Å². The lowest BCUT2D eigenvalue weighted by Crippen LogP contribution is -2.54. The third kappa shape index (κ3) is 5.24. The maximum absolute atomic E-state index is 10.7. The number of aldehydes is 1. The second-order valence-corrected chi connectivity index (χ2v) is 1.91. The van der Waals surface area contributed by atoms with Gasteiger partial charge in [-0.1, -0.05) is 0 Å². The summed E-state index contributed by atoms with van der Waals surface area (Å²) in [4.78, 5) is 20.5. The van der Waals surface area contributed by atoms with Crippen LogP contribution in [0.15, 0.2) is 0 Å². The highest BCUT2D eigenvalue weighted by Gasteiger charge is 1.97. The Bertz CT molecular complexity index is 114. The molecule has 0 aliphatic heterocycles. The zero-order valence-corrected chi connectivity index (χ0v) is 5.93. The predicted octanol–water partition coefficient (Wildman–Crippen LogP) is -1.68. The number of carbonyl (C=O) groups is 2. The van der Waals surface area contributed by atoms with Gasteiger partial charge in [0.1, 0.15) is 6.29 Å². The summed E-state index contributed by atoms with van der Waals surface area (Å²) in [7, 11) is 0. The van der Waals surface area contributed by atoms with Crippen molar-refractivity contribution >= 4 is 12.2 Å². The molecule has 4 heteroatoms. The van der Waals surface area contributed by atoms with Gasteiger partial charge in [-0.15, -0.1) is 0 Å². The van der Waals surface area contributed by atoms with E-state index in [0.29, 0.717) is 25.9 Å². The van der Waals surface area contributed by atoms with Gasteiger partial charge in [0.05, 0.1) is 13.1 Å². The molecule has 10 heavy (non-hydrogen) atoms. The summed E-state index contributed by atoms with van der Waals surface area (Å²) >= 11 is 0. The van der Waals surface area contributed by atoms with Gasteiger partial charge in [-0.2, -0.15) is 0 Å². The SMILES string of the molecule is [NH3+]CCNC(=O)CCC=O. The summed E-state index contributed by atoms with van der Waals surface area (Å²) in [5.74, 6) is -0.0734. The highest BCUT2D eigenvalue weighted by molar-refractivity contribution is 5.77. The van der Waals surface area contributed by atoms with E-state index in [0.717, 1.165) is 6.29 Å². The van der Waals surface area contributed by atoms with Crippen LogP contribution in [0.2, 0.25) is 0 Å². The van der Waals surface area contributed by atoms with E-state index in [1.165, 1.54) is 0 Å². The summed E-state index contributed by atoms with van der Waals surface area (Å²) in [6, 6.07) is 0. The standard InChI is InChI=1S/C6H12N2O2/c7-3-4-8-6(10)2-1-5-9/h5H,1-4,7H2,(H,8,10)/p+1. The van der Waals surface area contributed by atoms with Crippen molar-refractivity contribution in [3.63, 3.8) is 0 Å². The average Bonchev–Trinajstić information content (AvgIpc) is 1.97. The van der Waals surface area contributed by atoms with E-state index in [-0.39, 0.29) is 5.91 Å². The average molecular weight is 145 g/mol. The first kappa shape index (κ1) is 9.10. The first-order chi connectivity index (χ1) is 4.81. The zero-order valence-electron chi connectivity index (χ0n) is 5.93. The van der Waals surface area contributed by atoms with Crippen molar-refractivity contribution in [3.05, 3.63) is 0 Å². The van der Waals surface area contributed by atoms with Crippen LogP contribution >= 0.6 is 0 Å². The first-order valence-electron chi connectivity index (χ1n) is 3.31. The van der Waals surface area contributed by atoms with Gasteiger partial charge in [-0.25, -0.2) is 0 Å². The second-order valence-electron chi connectivity index (χ2n) is 1.91. The van der Waals surface area contributed by atoms with Gasteiger partial charge in [0.2, 0.25) is 5.91 Å². The second kappa shape index (κ2) is 6.22. The van der Waals surface area contributed by atoms with E-state index in [1.807, 2.05) is 0 Å². The molecule has 0 rings (SSSR count). The molecule has 0 unspecified atom stereocenters. The van der Waals surface area contributed by atoms with Crippen molar-refractivity contribution in [1.82, 2.24) is 5.32 Å². The fraction of sp³-hybridized carbons (Fsp3) is 0.667. The van der Waals surface area contributed by atoms with Crippen LogP contribution < -0.4 is 11.1 Å². The quantitative estimate of drug-likeness (QED) is 0.454. The van der Waals surface area contributed by atoms with Gasteiger partial charge < -0.3 is 15.8 Å². The molecule has 0 aliphatic carbocycles. The molecule has 0 aliphatic rings. The molecule has 0 saturated carbocycles. The highest BCUT2D eigenvalue weighted by Crippen LogP contribution is 1.82. The van der Waals surface area contributed by atoms with E-state index in [2.05, 4.69) is 11.1 Å². The molecule has 0 aromatic rings. The minimum atomic E-state index is -0.0734. The third-order valence-corrected chi connectivity index (χ3v) is 0.988. The van der Waals surface area contributed by atoms with Crippen molar-refractivity contribution in [2.45, 2.75) is 12.8 Å².